The fraction of sp³-hybridized carbons (Fsp3) is 0.0196. The maximum absolute atomic E-state index is 10.7. The zero-order chi connectivity index (χ0) is 37.9. The molecule has 0 fully saturated rings. The molecule has 3 heterocycles. The monoisotopic (exact) mass is 715 g/mol. The van der Waals surface area contributed by atoms with E-state index in [4.69, 9.17) is 0 Å². The van der Waals surface area contributed by atoms with E-state index in [0.29, 0.717) is 11.1 Å². The van der Waals surface area contributed by atoms with E-state index in [-0.39, 0.29) is 0 Å². The SMILES string of the molecule is C=C(C#N)/C=C\c1c(C)c2ccc(-n3c4ccccc4c4ccccc43)cc2n1-c1ccccc1-c1cccc(C#N)c1-n1c2ccccc2c2ccccc21. The Hall–Kier alpha value is -7.86. The van der Waals surface area contributed by atoms with E-state index in [1.807, 2.05) is 18.2 Å². The van der Waals surface area contributed by atoms with Crippen LogP contribution in [0, 0.1) is 29.6 Å². The summed E-state index contributed by atoms with van der Waals surface area (Å²) in [7, 11) is 0. The van der Waals surface area contributed by atoms with Crippen molar-refractivity contribution in [3.8, 4) is 40.3 Å². The number of allylic oxidation sites excluding steroid dienone is 2. The Morgan fingerprint density at radius 3 is 1.66 bits per heavy atom. The van der Waals surface area contributed by atoms with E-state index in [2.05, 4.69) is 185 Å². The summed E-state index contributed by atoms with van der Waals surface area (Å²) in [5.74, 6) is 0. The highest BCUT2D eigenvalue weighted by Gasteiger charge is 2.23. The molecule has 10 aromatic rings. The second-order valence-corrected chi connectivity index (χ2v) is 14.1. The molecule has 7 aromatic carbocycles. The van der Waals surface area contributed by atoms with Gasteiger partial charge in [0.05, 0.1) is 50.6 Å². The third-order valence-electron chi connectivity index (χ3n) is 11.1. The number of fused-ring (bicyclic) bond motifs is 7. The first-order valence-corrected chi connectivity index (χ1v) is 18.6. The average Bonchev–Trinajstić information content (AvgIpc) is 3.87. The molecule has 0 spiro atoms. The second kappa shape index (κ2) is 12.9. The van der Waals surface area contributed by atoms with E-state index >= 15 is 0 Å². The molecule has 0 saturated heterocycles. The third-order valence-corrected chi connectivity index (χ3v) is 11.1. The average molecular weight is 716 g/mol. The number of aromatic nitrogens is 3. The number of nitriles is 2. The van der Waals surface area contributed by atoms with Crippen molar-refractivity contribution in [2.45, 2.75) is 6.92 Å². The fourth-order valence-corrected chi connectivity index (χ4v) is 8.63. The van der Waals surface area contributed by atoms with Gasteiger partial charge in [0.15, 0.2) is 0 Å². The molecule has 0 amide bonds. The molecule has 0 aliphatic carbocycles. The summed E-state index contributed by atoms with van der Waals surface area (Å²) in [5, 5.41) is 26.2. The van der Waals surface area contributed by atoms with Gasteiger partial charge in [-0.3, -0.25) is 0 Å². The Bertz CT molecular complexity index is 3260. The molecule has 5 nitrogen and oxygen atoms in total. The first-order valence-electron chi connectivity index (χ1n) is 18.6. The lowest BCUT2D eigenvalue weighted by Crippen LogP contribution is -2.04. The van der Waals surface area contributed by atoms with E-state index in [9.17, 15) is 10.5 Å². The number of aryl methyl sites for hydroxylation is 1. The predicted molar refractivity (Wildman–Crippen MR) is 231 cm³/mol. The molecule has 5 heteroatoms. The molecule has 262 valence electrons. The molecule has 56 heavy (non-hydrogen) atoms. The van der Waals surface area contributed by atoms with Gasteiger partial charge in [-0.05, 0) is 73.2 Å². The molecule has 0 aliphatic rings. The quantitative estimate of drug-likeness (QED) is 0.127. The predicted octanol–water partition coefficient (Wildman–Crippen LogP) is 12.8. The van der Waals surface area contributed by atoms with Crippen LogP contribution in [0.5, 0.6) is 0 Å². The van der Waals surface area contributed by atoms with Gasteiger partial charge in [0.2, 0.25) is 0 Å². The largest absolute Gasteiger partial charge is 0.309 e. The lowest BCUT2D eigenvalue weighted by atomic mass is 9.98. The van der Waals surface area contributed by atoms with Crippen LogP contribution in [0.25, 0.3) is 88.8 Å². The van der Waals surface area contributed by atoms with Gasteiger partial charge in [-0.15, -0.1) is 0 Å². The second-order valence-electron chi connectivity index (χ2n) is 14.1. The molecule has 0 bridgehead atoms. The van der Waals surface area contributed by atoms with Gasteiger partial charge in [0.1, 0.15) is 6.07 Å². The molecule has 0 N–H and O–H groups in total. The lowest BCUT2D eigenvalue weighted by Gasteiger charge is -2.20. The Labute approximate surface area is 323 Å². The minimum Gasteiger partial charge on any atom is -0.309 e. The van der Waals surface area contributed by atoms with Crippen molar-refractivity contribution in [3.63, 3.8) is 0 Å². The Kier molecular flexibility index (Phi) is 7.56. The summed E-state index contributed by atoms with van der Waals surface area (Å²) in [6.45, 7) is 6.10. The van der Waals surface area contributed by atoms with Crippen molar-refractivity contribution >= 4 is 60.6 Å². The van der Waals surface area contributed by atoms with Gasteiger partial charge in [-0.25, -0.2) is 0 Å². The van der Waals surface area contributed by atoms with E-state index < -0.39 is 0 Å². The first kappa shape index (κ1) is 32.8. The molecule has 0 unspecified atom stereocenters. The molecular formula is C51H33N5. The van der Waals surface area contributed by atoms with Gasteiger partial charge in [-0.2, -0.15) is 10.5 Å². The van der Waals surface area contributed by atoms with Crippen molar-refractivity contribution < 1.29 is 0 Å². The molecule has 3 aromatic heterocycles. The zero-order valence-corrected chi connectivity index (χ0v) is 30.6. The first-order chi connectivity index (χ1) is 27.6. The standard InChI is InChI=1S/C51H33N5/c1-33(31-52)26-29-44-34(2)37-28-27-36(54-45-21-8-3-15-38(45)39-16-4-9-22-46(39)54)30-50(37)55(44)47-23-10-7-19-42(47)43-20-13-14-35(32-53)51(43)56-48-24-11-5-17-40(48)41-18-6-12-25-49(41)56/h3-30H,1H2,2H3/b29-26-. The molecular weight excluding hydrogens is 683 g/mol. The summed E-state index contributed by atoms with van der Waals surface area (Å²) in [6.07, 6.45) is 3.78. The van der Waals surface area contributed by atoms with Gasteiger partial charge in [-0.1, -0.05) is 116 Å². The molecule has 0 atom stereocenters. The maximum Gasteiger partial charge on any atom is 0.101 e. The fourth-order valence-electron chi connectivity index (χ4n) is 8.63. The van der Waals surface area contributed by atoms with Gasteiger partial charge in [0.25, 0.3) is 0 Å². The van der Waals surface area contributed by atoms with Crippen molar-refractivity contribution in [2.75, 3.05) is 0 Å². The Morgan fingerprint density at radius 2 is 1.07 bits per heavy atom. The van der Waals surface area contributed by atoms with Gasteiger partial charge >= 0.3 is 0 Å². The van der Waals surface area contributed by atoms with Crippen LogP contribution in [0.4, 0.5) is 0 Å². The molecule has 10 rings (SSSR count). The highest BCUT2D eigenvalue weighted by atomic mass is 15.0. The number of benzene rings is 7. The van der Waals surface area contributed by atoms with Crippen LogP contribution in [0.2, 0.25) is 0 Å². The van der Waals surface area contributed by atoms with Crippen molar-refractivity contribution in [1.29, 1.82) is 10.5 Å². The summed E-state index contributed by atoms with van der Waals surface area (Å²) in [4.78, 5) is 0. The minimum absolute atomic E-state index is 0.371. The van der Waals surface area contributed by atoms with Crippen LogP contribution in [-0.4, -0.2) is 13.7 Å². The number of para-hydroxylation sites is 6. The van der Waals surface area contributed by atoms with Crippen LogP contribution in [0.1, 0.15) is 16.8 Å². The van der Waals surface area contributed by atoms with Crippen LogP contribution in [-0.2, 0) is 0 Å². The molecule has 0 aliphatic heterocycles. The minimum atomic E-state index is 0.371. The van der Waals surface area contributed by atoms with E-state index in [1.165, 1.54) is 10.8 Å². The number of hydrogen-bond donors (Lipinski definition) is 0. The Balaban J connectivity index is 1.29. The van der Waals surface area contributed by atoms with Crippen LogP contribution < -0.4 is 0 Å². The summed E-state index contributed by atoms with van der Waals surface area (Å²) < 4.78 is 6.88. The smallest absolute Gasteiger partial charge is 0.101 e. The topological polar surface area (TPSA) is 62.4 Å². The Morgan fingerprint density at radius 1 is 0.536 bits per heavy atom. The van der Waals surface area contributed by atoms with E-state index in [0.717, 1.165) is 83.2 Å². The van der Waals surface area contributed by atoms with E-state index in [1.54, 1.807) is 6.08 Å². The summed E-state index contributed by atoms with van der Waals surface area (Å²) >= 11 is 0. The maximum atomic E-state index is 10.7. The lowest BCUT2D eigenvalue weighted by molar-refractivity contribution is 1.09. The van der Waals surface area contributed by atoms with Crippen molar-refractivity contribution in [3.05, 3.63) is 193 Å². The number of rotatable bonds is 6. The summed E-state index contributed by atoms with van der Waals surface area (Å²) in [5.41, 5.74) is 13.1. The highest BCUT2D eigenvalue weighted by molar-refractivity contribution is 6.11. The molecule has 0 saturated carbocycles. The molecule has 0 radical (unpaired) electrons. The zero-order valence-electron chi connectivity index (χ0n) is 30.6. The van der Waals surface area contributed by atoms with Crippen LogP contribution in [0.15, 0.2) is 176 Å². The van der Waals surface area contributed by atoms with Crippen molar-refractivity contribution in [2.24, 2.45) is 0 Å². The van der Waals surface area contributed by atoms with Gasteiger partial charge in [0, 0.05) is 55.0 Å². The normalized spacial score (nSPS) is 11.6. The highest BCUT2D eigenvalue weighted by Crippen LogP contribution is 2.42. The van der Waals surface area contributed by atoms with Crippen LogP contribution in [0.3, 0.4) is 0 Å². The summed E-state index contributed by atoms with van der Waals surface area (Å²) in [6, 6.07) is 59.7. The number of nitrogens with zero attached hydrogens (tertiary/aromatic N) is 5. The number of hydrogen-bond acceptors (Lipinski definition) is 2. The third kappa shape index (κ3) is 4.86. The van der Waals surface area contributed by atoms with Gasteiger partial charge < -0.3 is 13.7 Å². The van der Waals surface area contributed by atoms with Crippen LogP contribution >= 0.6 is 0 Å². The van der Waals surface area contributed by atoms with Crippen molar-refractivity contribution in [1.82, 2.24) is 13.7 Å².